The molecule has 0 N–H and O–H groups in total. The summed E-state index contributed by atoms with van der Waals surface area (Å²) in [4.78, 5) is 22.3. The summed E-state index contributed by atoms with van der Waals surface area (Å²) in [6, 6.07) is 4.43. The molecule has 2 heterocycles. The predicted octanol–water partition coefficient (Wildman–Crippen LogP) is 1.38. The number of sulfone groups is 2. The number of halogens is 1. The zero-order valence-electron chi connectivity index (χ0n) is 17.6. The Balaban J connectivity index is 2.03. The molecule has 174 valence electrons. The molecule has 1 aromatic heterocycles. The van der Waals surface area contributed by atoms with E-state index in [1.54, 1.807) is 18.2 Å². The molecule has 1 aliphatic rings. The molecule has 0 aliphatic carbocycles. The monoisotopic (exact) mass is 503 g/mol. The number of amides is 1. The molecule has 1 atom stereocenters. The number of carbonyl (C=O) groups is 1. The first-order valence-corrected chi connectivity index (χ1v) is 13.5. The van der Waals surface area contributed by atoms with Gasteiger partial charge in [-0.2, -0.15) is 0 Å². The third-order valence-electron chi connectivity index (χ3n) is 4.97. The fourth-order valence-electron chi connectivity index (χ4n) is 3.38. The standard InChI is InChI=1S/C19H22ClN3O7S2/c1-29-15-5-4-12(8-16(15)30-2)10-23(13-6-7-32(27,28)11-13)18(24)17-14(20)9-21-19(22-17)31(3,25)26/h4-5,8-9,13H,6-7,10-11H2,1-3H3. The molecule has 1 aromatic carbocycles. The molecule has 0 radical (unpaired) electrons. The van der Waals surface area contributed by atoms with Crippen LogP contribution >= 0.6 is 11.6 Å². The van der Waals surface area contributed by atoms with E-state index in [4.69, 9.17) is 21.1 Å². The molecule has 3 rings (SSSR count). The van der Waals surface area contributed by atoms with Crippen LogP contribution in [-0.2, 0) is 26.2 Å². The number of methoxy groups -OCH3 is 2. The van der Waals surface area contributed by atoms with Crippen molar-refractivity contribution in [2.24, 2.45) is 0 Å². The van der Waals surface area contributed by atoms with Crippen LogP contribution in [0, 0.1) is 0 Å². The van der Waals surface area contributed by atoms with Gasteiger partial charge in [-0.3, -0.25) is 4.79 Å². The van der Waals surface area contributed by atoms with E-state index >= 15 is 0 Å². The Hall–Kier alpha value is -2.44. The summed E-state index contributed by atoms with van der Waals surface area (Å²) in [6.45, 7) is 0.0217. The van der Waals surface area contributed by atoms with Gasteiger partial charge in [0.15, 0.2) is 27.0 Å². The van der Waals surface area contributed by atoms with Gasteiger partial charge < -0.3 is 14.4 Å². The van der Waals surface area contributed by atoms with E-state index in [2.05, 4.69) is 9.97 Å². The molecule has 0 spiro atoms. The highest BCUT2D eigenvalue weighted by molar-refractivity contribution is 7.91. The number of aromatic nitrogens is 2. The summed E-state index contributed by atoms with van der Waals surface area (Å²) in [5.41, 5.74) is 0.334. The van der Waals surface area contributed by atoms with E-state index < -0.39 is 36.8 Å². The lowest BCUT2D eigenvalue weighted by Gasteiger charge is -2.28. The molecule has 1 aliphatic heterocycles. The Morgan fingerprint density at radius 1 is 1.25 bits per heavy atom. The van der Waals surface area contributed by atoms with Crippen molar-refractivity contribution in [1.82, 2.24) is 14.9 Å². The number of benzene rings is 1. The lowest BCUT2D eigenvalue weighted by molar-refractivity contribution is 0.0673. The van der Waals surface area contributed by atoms with Crippen LogP contribution in [0.2, 0.25) is 5.02 Å². The van der Waals surface area contributed by atoms with Crippen molar-refractivity contribution in [2.75, 3.05) is 32.0 Å². The molecule has 0 saturated carbocycles. The van der Waals surface area contributed by atoms with Crippen LogP contribution < -0.4 is 9.47 Å². The summed E-state index contributed by atoms with van der Waals surface area (Å²) in [5.74, 6) is -0.0306. The largest absolute Gasteiger partial charge is 0.493 e. The highest BCUT2D eigenvalue weighted by Crippen LogP contribution is 2.30. The zero-order chi connectivity index (χ0) is 23.7. The Kier molecular flexibility index (Phi) is 6.96. The first kappa shape index (κ1) is 24.2. The van der Waals surface area contributed by atoms with E-state index in [0.29, 0.717) is 17.1 Å². The maximum absolute atomic E-state index is 13.4. The summed E-state index contributed by atoms with van der Waals surface area (Å²) in [6.07, 6.45) is 2.19. The highest BCUT2D eigenvalue weighted by atomic mass is 35.5. The first-order chi connectivity index (χ1) is 14.9. The molecule has 1 fully saturated rings. The smallest absolute Gasteiger partial charge is 0.274 e. The van der Waals surface area contributed by atoms with Gasteiger partial charge in [0.1, 0.15) is 0 Å². The molecule has 10 nitrogen and oxygen atoms in total. The molecule has 1 unspecified atom stereocenters. The van der Waals surface area contributed by atoms with E-state index in [-0.39, 0.29) is 35.2 Å². The fraction of sp³-hybridized carbons (Fsp3) is 0.421. The average Bonchev–Trinajstić information content (AvgIpc) is 3.10. The highest BCUT2D eigenvalue weighted by Gasteiger charge is 2.36. The van der Waals surface area contributed by atoms with E-state index in [0.717, 1.165) is 12.5 Å². The van der Waals surface area contributed by atoms with Gasteiger partial charge in [-0.1, -0.05) is 17.7 Å². The van der Waals surface area contributed by atoms with Crippen molar-refractivity contribution in [2.45, 2.75) is 24.2 Å². The van der Waals surface area contributed by atoms with Gasteiger partial charge in [0.05, 0.1) is 36.9 Å². The first-order valence-electron chi connectivity index (χ1n) is 9.40. The van der Waals surface area contributed by atoms with Crippen LogP contribution in [0.4, 0.5) is 0 Å². The second kappa shape index (κ2) is 9.20. The maximum atomic E-state index is 13.4. The van der Waals surface area contributed by atoms with Crippen LogP contribution in [0.15, 0.2) is 29.6 Å². The van der Waals surface area contributed by atoms with Gasteiger partial charge >= 0.3 is 0 Å². The van der Waals surface area contributed by atoms with E-state index in [1.165, 1.54) is 19.1 Å². The third-order valence-corrected chi connectivity index (χ3v) is 7.85. The average molecular weight is 504 g/mol. The summed E-state index contributed by atoms with van der Waals surface area (Å²) >= 11 is 6.12. The molecular weight excluding hydrogens is 482 g/mol. The zero-order valence-corrected chi connectivity index (χ0v) is 20.0. The number of hydrogen-bond acceptors (Lipinski definition) is 9. The topological polar surface area (TPSA) is 133 Å². The summed E-state index contributed by atoms with van der Waals surface area (Å²) < 4.78 is 58.4. The van der Waals surface area contributed by atoms with Gasteiger partial charge in [-0.25, -0.2) is 26.8 Å². The van der Waals surface area contributed by atoms with Crippen LogP contribution in [0.3, 0.4) is 0 Å². The molecule has 13 heteroatoms. The Morgan fingerprint density at radius 2 is 1.94 bits per heavy atom. The molecule has 1 amide bonds. The Morgan fingerprint density at radius 3 is 2.50 bits per heavy atom. The maximum Gasteiger partial charge on any atom is 0.274 e. The van der Waals surface area contributed by atoms with Crippen molar-refractivity contribution in [1.29, 1.82) is 0 Å². The van der Waals surface area contributed by atoms with Crippen LogP contribution in [-0.4, -0.2) is 75.6 Å². The van der Waals surface area contributed by atoms with Crippen molar-refractivity contribution in [3.05, 3.63) is 40.7 Å². The normalized spacial score (nSPS) is 17.7. The predicted molar refractivity (Wildman–Crippen MR) is 117 cm³/mol. The Bertz CT molecular complexity index is 1250. The lowest BCUT2D eigenvalue weighted by atomic mass is 10.1. The number of carbonyl (C=O) groups excluding carboxylic acids is 1. The number of rotatable bonds is 7. The molecule has 1 saturated heterocycles. The molecule has 0 bridgehead atoms. The van der Waals surface area contributed by atoms with Gasteiger partial charge in [0.2, 0.25) is 15.0 Å². The third kappa shape index (κ3) is 5.30. The summed E-state index contributed by atoms with van der Waals surface area (Å²) in [7, 11) is -4.14. The van der Waals surface area contributed by atoms with Crippen molar-refractivity contribution in [3.63, 3.8) is 0 Å². The minimum Gasteiger partial charge on any atom is -0.493 e. The van der Waals surface area contributed by atoms with Gasteiger partial charge in [0, 0.05) is 18.8 Å². The van der Waals surface area contributed by atoms with Crippen molar-refractivity contribution >= 4 is 37.2 Å². The Labute approximate surface area is 191 Å². The van der Waals surface area contributed by atoms with Crippen LogP contribution in [0.1, 0.15) is 22.5 Å². The van der Waals surface area contributed by atoms with Gasteiger partial charge in [-0.05, 0) is 24.1 Å². The molecule has 2 aromatic rings. The van der Waals surface area contributed by atoms with E-state index in [1.807, 2.05) is 0 Å². The van der Waals surface area contributed by atoms with Crippen molar-refractivity contribution in [3.8, 4) is 11.5 Å². The SMILES string of the molecule is COc1ccc(CN(C(=O)c2nc(S(C)(=O)=O)ncc2Cl)C2CCS(=O)(=O)C2)cc1OC. The van der Waals surface area contributed by atoms with Gasteiger partial charge in [0.25, 0.3) is 5.91 Å². The number of ether oxygens (including phenoxy) is 2. The second-order valence-corrected chi connectivity index (χ2v) is 11.8. The van der Waals surface area contributed by atoms with E-state index in [9.17, 15) is 21.6 Å². The van der Waals surface area contributed by atoms with Gasteiger partial charge in [-0.15, -0.1) is 0 Å². The summed E-state index contributed by atoms with van der Waals surface area (Å²) in [5, 5.41) is -0.684. The lowest BCUT2D eigenvalue weighted by Crippen LogP contribution is -2.41. The number of nitrogens with zero attached hydrogens (tertiary/aromatic N) is 3. The minimum atomic E-state index is -3.79. The van der Waals surface area contributed by atoms with Crippen molar-refractivity contribution < 1.29 is 31.1 Å². The van der Waals surface area contributed by atoms with Crippen LogP contribution in [0.25, 0.3) is 0 Å². The quantitative estimate of drug-likeness (QED) is 0.513. The van der Waals surface area contributed by atoms with Crippen LogP contribution in [0.5, 0.6) is 11.5 Å². The number of hydrogen-bond donors (Lipinski definition) is 0. The second-order valence-electron chi connectivity index (χ2n) is 7.30. The minimum absolute atomic E-state index is 0.0217. The molecule has 32 heavy (non-hydrogen) atoms. The fourth-order valence-corrected chi connectivity index (χ4v) is 5.78. The molecular formula is C19H22ClN3O7S2.